The average molecular weight is 501 g/mol. The molecule has 0 N–H and O–H groups in total. The Morgan fingerprint density at radius 1 is 0.971 bits per heavy atom. The fourth-order valence-corrected chi connectivity index (χ4v) is 11.3. The van der Waals surface area contributed by atoms with E-state index >= 15 is 0 Å². The number of thiol groups is 1. The number of ketones is 1. The summed E-state index contributed by atoms with van der Waals surface area (Å²) in [6.45, 7) is 16.7. The number of allylic oxidation sites excluding steroid dienone is 2. The molecule has 5 rings (SSSR count). The molecule has 0 aromatic heterocycles. The lowest BCUT2D eigenvalue weighted by atomic mass is 9.33. The van der Waals surface area contributed by atoms with Crippen LogP contribution in [0.25, 0.3) is 0 Å². The van der Waals surface area contributed by atoms with Crippen molar-refractivity contribution in [3.05, 3.63) is 11.6 Å². The number of hydrogen-bond donors (Lipinski definition) is 1. The van der Waals surface area contributed by atoms with Gasteiger partial charge in [-0.1, -0.05) is 47.1 Å². The summed E-state index contributed by atoms with van der Waals surface area (Å²) in [7, 11) is 1.50. The van der Waals surface area contributed by atoms with Gasteiger partial charge in [0.1, 0.15) is 0 Å². The molecule has 35 heavy (non-hydrogen) atoms. The van der Waals surface area contributed by atoms with E-state index in [0.29, 0.717) is 29.0 Å². The Labute approximate surface area is 219 Å². The number of hydrogen-bond acceptors (Lipinski definition) is 4. The van der Waals surface area contributed by atoms with Crippen molar-refractivity contribution >= 4 is 24.4 Å². The lowest BCUT2D eigenvalue weighted by Crippen LogP contribution is -2.67. The maximum Gasteiger partial charge on any atom is 0.312 e. The highest BCUT2D eigenvalue weighted by Crippen LogP contribution is 2.75. The number of ether oxygens (including phenoxy) is 1. The predicted molar refractivity (Wildman–Crippen MR) is 144 cm³/mol. The van der Waals surface area contributed by atoms with E-state index < -0.39 is 5.41 Å². The zero-order valence-corrected chi connectivity index (χ0v) is 24.3. The summed E-state index contributed by atoms with van der Waals surface area (Å²) in [4.78, 5) is 27.6. The second-order valence-electron chi connectivity index (χ2n) is 14.6. The van der Waals surface area contributed by atoms with Crippen molar-refractivity contribution in [2.45, 2.75) is 105 Å². The predicted octanol–water partition coefficient (Wildman–Crippen LogP) is 7.29. The molecule has 11 atom stereocenters. The third kappa shape index (κ3) is 3.04. The first-order chi connectivity index (χ1) is 16.2. The van der Waals surface area contributed by atoms with Crippen LogP contribution >= 0.6 is 12.6 Å². The first-order valence-corrected chi connectivity index (χ1v) is 14.7. The smallest absolute Gasteiger partial charge is 0.312 e. The first-order valence-electron chi connectivity index (χ1n) is 14.2. The van der Waals surface area contributed by atoms with E-state index in [4.69, 9.17) is 17.4 Å². The van der Waals surface area contributed by atoms with E-state index in [-0.39, 0.29) is 39.3 Å². The molecular formula is C31H48O3S. The van der Waals surface area contributed by atoms with Crippen molar-refractivity contribution < 1.29 is 14.3 Å². The molecule has 0 spiro atoms. The van der Waals surface area contributed by atoms with Gasteiger partial charge < -0.3 is 4.74 Å². The monoisotopic (exact) mass is 500 g/mol. The molecule has 0 aliphatic heterocycles. The van der Waals surface area contributed by atoms with Crippen LogP contribution in [0.2, 0.25) is 0 Å². The highest BCUT2D eigenvalue weighted by Gasteiger charge is 2.71. The molecule has 3 nitrogen and oxygen atoms in total. The van der Waals surface area contributed by atoms with Gasteiger partial charge >= 0.3 is 5.97 Å². The fourth-order valence-electron chi connectivity index (χ4n) is 10.9. The molecule has 0 saturated heterocycles. The maximum absolute atomic E-state index is 14.4. The Bertz CT molecular complexity index is 972. The summed E-state index contributed by atoms with van der Waals surface area (Å²) in [5.41, 5.74) is 0.875. The van der Waals surface area contributed by atoms with Gasteiger partial charge in [0.2, 0.25) is 0 Å². The van der Waals surface area contributed by atoms with Crippen LogP contribution in [-0.2, 0) is 14.3 Å². The molecule has 4 saturated carbocycles. The molecule has 0 amide bonds. The topological polar surface area (TPSA) is 43.4 Å². The van der Waals surface area contributed by atoms with Gasteiger partial charge in [0.25, 0.3) is 0 Å². The van der Waals surface area contributed by atoms with Crippen molar-refractivity contribution in [1.82, 2.24) is 0 Å². The summed E-state index contributed by atoms with van der Waals surface area (Å²) in [6.07, 6.45) is 11.0. The lowest BCUT2D eigenvalue weighted by molar-refractivity contribution is -0.197. The Morgan fingerprint density at radius 3 is 2.31 bits per heavy atom. The summed E-state index contributed by atoms with van der Waals surface area (Å²) >= 11 is 4.92. The molecular weight excluding hydrogens is 452 g/mol. The van der Waals surface area contributed by atoms with E-state index in [2.05, 4.69) is 54.5 Å². The van der Waals surface area contributed by atoms with Crippen LogP contribution in [0.1, 0.15) is 99.8 Å². The van der Waals surface area contributed by atoms with Gasteiger partial charge in [-0.15, -0.1) is 0 Å². The summed E-state index contributed by atoms with van der Waals surface area (Å²) in [6, 6.07) is 0. The van der Waals surface area contributed by atoms with Gasteiger partial charge in [0.05, 0.1) is 12.5 Å². The standard InChI is InChI=1S/C31H48O3S/c1-18-9-12-27(3)15-16-29(5)20(24(27)19(18)2)17-21(32)25-28(4)13-11-23(35)31(7,26(33)34-8)22(28)10-14-30(25,29)6/h17-19,22-25,35H,9-16H2,1-8H3/t18-,19+,22?,23-,24?,25?,27-,28+,29-,30-,31-/m1/s1. The number of esters is 1. The average Bonchev–Trinajstić information content (AvgIpc) is 2.80. The molecule has 0 aromatic rings. The molecule has 5 aliphatic rings. The second-order valence-corrected chi connectivity index (χ2v) is 15.2. The number of fused-ring (bicyclic) bond motifs is 7. The quantitative estimate of drug-likeness (QED) is 0.303. The maximum atomic E-state index is 14.4. The summed E-state index contributed by atoms with van der Waals surface area (Å²) < 4.78 is 5.36. The third-order valence-corrected chi connectivity index (χ3v) is 14.2. The van der Waals surface area contributed by atoms with E-state index in [0.717, 1.165) is 25.7 Å². The zero-order valence-electron chi connectivity index (χ0n) is 23.4. The van der Waals surface area contributed by atoms with E-state index in [1.165, 1.54) is 38.4 Å². The fraction of sp³-hybridized carbons (Fsp3) is 0.871. The van der Waals surface area contributed by atoms with Crippen LogP contribution in [0.15, 0.2) is 11.6 Å². The molecule has 0 aromatic carbocycles. The summed E-state index contributed by atoms with van der Waals surface area (Å²) in [5, 5.41) is -0.0299. The minimum atomic E-state index is -0.657. The number of rotatable bonds is 1. The van der Waals surface area contributed by atoms with Gasteiger partial charge in [-0.3, -0.25) is 9.59 Å². The molecule has 0 radical (unpaired) electrons. The van der Waals surface area contributed by atoms with E-state index in [1.54, 1.807) is 0 Å². The summed E-state index contributed by atoms with van der Waals surface area (Å²) in [5.74, 6) is 2.08. The van der Waals surface area contributed by atoms with Crippen LogP contribution in [0.3, 0.4) is 0 Å². The van der Waals surface area contributed by atoms with E-state index in [1.807, 2.05) is 0 Å². The molecule has 0 bridgehead atoms. The zero-order chi connectivity index (χ0) is 25.8. The molecule has 5 aliphatic carbocycles. The minimum absolute atomic E-state index is 0.0299. The Morgan fingerprint density at radius 2 is 1.66 bits per heavy atom. The normalized spacial score (nSPS) is 55.6. The van der Waals surface area contributed by atoms with Gasteiger partial charge in [0, 0.05) is 11.2 Å². The largest absolute Gasteiger partial charge is 0.469 e. The number of carbonyl (C=O) groups excluding carboxylic acids is 2. The van der Waals surface area contributed by atoms with Gasteiger partial charge in [0.15, 0.2) is 5.78 Å². The molecule has 4 fully saturated rings. The van der Waals surface area contributed by atoms with Crippen molar-refractivity contribution in [3.8, 4) is 0 Å². The minimum Gasteiger partial charge on any atom is -0.469 e. The van der Waals surface area contributed by atoms with Crippen molar-refractivity contribution in [3.63, 3.8) is 0 Å². The number of carbonyl (C=O) groups is 2. The molecule has 196 valence electrons. The van der Waals surface area contributed by atoms with Crippen LogP contribution in [0, 0.1) is 56.7 Å². The molecule has 4 heteroatoms. The lowest BCUT2D eigenvalue weighted by Gasteiger charge is -2.70. The Kier molecular flexibility index (Phi) is 5.81. The van der Waals surface area contributed by atoms with Gasteiger partial charge in [-0.25, -0.2) is 0 Å². The van der Waals surface area contributed by atoms with Crippen LogP contribution in [0.5, 0.6) is 0 Å². The van der Waals surface area contributed by atoms with Gasteiger partial charge in [-0.05, 0) is 110 Å². The van der Waals surface area contributed by atoms with Gasteiger partial charge in [-0.2, -0.15) is 12.6 Å². The molecule has 3 unspecified atom stereocenters. The van der Waals surface area contributed by atoms with Crippen LogP contribution in [0.4, 0.5) is 0 Å². The third-order valence-electron chi connectivity index (χ3n) is 13.4. The Balaban J connectivity index is 1.64. The number of methoxy groups -OCH3 is 1. The second kappa shape index (κ2) is 7.87. The highest BCUT2D eigenvalue weighted by molar-refractivity contribution is 7.81. The molecule has 0 heterocycles. The Hall–Kier alpha value is -0.770. The van der Waals surface area contributed by atoms with Crippen molar-refractivity contribution in [2.75, 3.05) is 7.11 Å². The van der Waals surface area contributed by atoms with Crippen molar-refractivity contribution in [2.24, 2.45) is 56.7 Å². The van der Waals surface area contributed by atoms with Crippen LogP contribution in [-0.4, -0.2) is 24.1 Å². The van der Waals surface area contributed by atoms with E-state index in [9.17, 15) is 9.59 Å². The van der Waals surface area contributed by atoms with Crippen LogP contribution < -0.4 is 0 Å². The van der Waals surface area contributed by atoms with Crippen molar-refractivity contribution in [1.29, 1.82) is 0 Å². The SMILES string of the molecule is COC(=O)[C@]1(C)C2CC[C@]3(C)C(C(=O)C=C4C5[C@@H](C)[C@H](C)CC[C@]5(C)CC[C@]43C)[C@@]2(C)CC[C@H]1S. The highest BCUT2D eigenvalue weighted by atomic mass is 32.1. The first kappa shape index (κ1) is 25.9.